The first-order valence-electron chi connectivity index (χ1n) is 4.83. The first kappa shape index (κ1) is 15.2. The maximum Gasteiger partial charge on any atom is 0.573 e. The third kappa shape index (κ3) is 4.10. The maximum atomic E-state index is 12.2. The van der Waals surface area contributed by atoms with E-state index < -0.39 is 23.3 Å². The number of carbonyl (C=O) groups excluding carboxylic acids is 1. The van der Waals surface area contributed by atoms with Crippen molar-refractivity contribution in [1.82, 2.24) is 0 Å². The van der Waals surface area contributed by atoms with Gasteiger partial charge in [0.05, 0.1) is 0 Å². The first-order valence-corrected chi connectivity index (χ1v) is 6.49. The van der Waals surface area contributed by atoms with E-state index in [0.717, 1.165) is 6.07 Å². The number of rotatable bonds is 4. The Hall–Kier alpha value is -0.880. The molecule has 100 valence electrons. The lowest BCUT2D eigenvalue weighted by Gasteiger charge is -2.16. The zero-order valence-electron chi connectivity index (χ0n) is 9.55. The molecule has 0 spiro atoms. The Morgan fingerprint density at radius 3 is 2.50 bits per heavy atom. The van der Waals surface area contributed by atoms with Crippen molar-refractivity contribution in [2.75, 3.05) is 6.26 Å². The molecule has 0 aliphatic carbocycles. The maximum absolute atomic E-state index is 12.2. The van der Waals surface area contributed by atoms with Crippen molar-refractivity contribution in [3.05, 3.63) is 23.8 Å². The van der Waals surface area contributed by atoms with Crippen LogP contribution in [-0.4, -0.2) is 18.4 Å². The van der Waals surface area contributed by atoms with Gasteiger partial charge in [0.15, 0.2) is 5.78 Å². The number of ketones is 1. The van der Waals surface area contributed by atoms with E-state index in [4.69, 9.17) is 11.6 Å². The monoisotopic (exact) mass is 298 g/mol. The van der Waals surface area contributed by atoms with E-state index in [1.807, 2.05) is 0 Å². The van der Waals surface area contributed by atoms with Gasteiger partial charge in [-0.05, 0) is 31.4 Å². The average molecular weight is 299 g/mol. The summed E-state index contributed by atoms with van der Waals surface area (Å²) in [6.07, 6.45) is -3.05. The van der Waals surface area contributed by atoms with Crippen molar-refractivity contribution in [1.29, 1.82) is 0 Å². The van der Waals surface area contributed by atoms with E-state index >= 15 is 0 Å². The van der Waals surface area contributed by atoms with Crippen molar-refractivity contribution in [2.45, 2.75) is 23.6 Å². The van der Waals surface area contributed by atoms with Crippen molar-refractivity contribution < 1.29 is 22.7 Å². The fourth-order valence-corrected chi connectivity index (χ4v) is 1.91. The molecule has 0 saturated heterocycles. The van der Waals surface area contributed by atoms with Gasteiger partial charge in [-0.25, -0.2) is 0 Å². The molecule has 0 bridgehead atoms. The fraction of sp³-hybridized carbons (Fsp3) is 0.364. The summed E-state index contributed by atoms with van der Waals surface area (Å²) in [5.74, 6) is -0.891. The van der Waals surface area contributed by atoms with Gasteiger partial charge >= 0.3 is 6.36 Å². The van der Waals surface area contributed by atoms with E-state index in [1.54, 1.807) is 6.26 Å². The van der Waals surface area contributed by atoms with Crippen molar-refractivity contribution >= 4 is 29.1 Å². The molecule has 0 heterocycles. The highest BCUT2D eigenvalue weighted by Gasteiger charge is 2.33. The molecule has 1 aromatic carbocycles. The second kappa shape index (κ2) is 5.84. The Labute approximate surface area is 111 Å². The molecule has 0 saturated carbocycles. The number of hydrogen-bond donors (Lipinski definition) is 0. The molecule has 0 amide bonds. The minimum Gasteiger partial charge on any atom is -0.405 e. The number of ether oxygens (including phenoxy) is 1. The number of Topliss-reactive ketones (excluding diaryl/α,β-unsaturated/α-hetero) is 1. The Bertz CT molecular complexity index is 448. The zero-order valence-corrected chi connectivity index (χ0v) is 11.1. The van der Waals surface area contributed by atoms with Crippen molar-refractivity contribution in [3.63, 3.8) is 0 Å². The predicted octanol–water partition coefficient (Wildman–Crippen LogP) is 4.18. The predicted molar refractivity (Wildman–Crippen MR) is 64.2 cm³/mol. The highest BCUT2D eigenvalue weighted by Crippen LogP contribution is 2.36. The van der Waals surface area contributed by atoms with Gasteiger partial charge in [0.1, 0.15) is 11.1 Å². The van der Waals surface area contributed by atoms with Gasteiger partial charge in [0.25, 0.3) is 0 Å². The molecule has 0 aliphatic heterocycles. The third-order valence-electron chi connectivity index (χ3n) is 2.07. The number of thioether (sulfide) groups is 1. The van der Waals surface area contributed by atoms with Gasteiger partial charge in [0, 0.05) is 10.5 Å². The number of carbonyl (C=O) groups is 1. The second-order valence-corrected chi connectivity index (χ2v) is 4.74. The lowest BCUT2D eigenvalue weighted by Crippen LogP contribution is -2.19. The van der Waals surface area contributed by atoms with Crippen molar-refractivity contribution in [3.8, 4) is 5.75 Å². The van der Waals surface area contributed by atoms with Crippen LogP contribution in [0.2, 0.25) is 0 Å². The van der Waals surface area contributed by atoms with E-state index in [9.17, 15) is 18.0 Å². The van der Waals surface area contributed by atoms with Crippen LogP contribution in [0.5, 0.6) is 5.75 Å². The minimum absolute atomic E-state index is 0.0216. The Kier molecular flexibility index (Phi) is 4.92. The van der Waals surface area contributed by atoms with Crippen LogP contribution in [0, 0.1) is 0 Å². The summed E-state index contributed by atoms with van der Waals surface area (Å²) in [6, 6.07) is 4.05. The highest BCUT2D eigenvalue weighted by atomic mass is 35.5. The molecule has 2 nitrogen and oxygen atoms in total. The standard InChI is InChI=1S/C11H10ClF3O2S/c1-6(16)10(12)8-5-7(18-2)3-4-9(8)17-11(13,14)15/h3-5,10H,1-2H3. The molecule has 1 unspecified atom stereocenters. The van der Waals surface area contributed by atoms with Crippen molar-refractivity contribution in [2.24, 2.45) is 0 Å². The third-order valence-corrected chi connectivity index (χ3v) is 3.34. The largest absolute Gasteiger partial charge is 0.573 e. The average Bonchev–Trinajstić information content (AvgIpc) is 2.26. The summed E-state index contributed by atoms with van der Waals surface area (Å²) in [5.41, 5.74) is 0.0216. The second-order valence-electron chi connectivity index (χ2n) is 3.42. The van der Waals surface area contributed by atoms with Crippen LogP contribution in [0.3, 0.4) is 0 Å². The van der Waals surface area contributed by atoms with Crippen LogP contribution in [0.25, 0.3) is 0 Å². The number of benzene rings is 1. The first-order chi connectivity index (χ1) is 8.24. The number of hydrogen-bond acceptors (Lipinski definition) is 3. The van der Waals surface area contributed by atoms with Gasteiger partial charge in [-0.1, -0.05) is 0 Å². The molecule has 0 radical (unpaired) electrons. The fourth-order valence-electron chi connectivity index (χ4n) is 1.29. The van der Waals surface area contributed by atoms with Crippen LogP contribution in [-0.2, 0) is 4.79 Å². The van der Waals surface area contributed by atoms with Crippen LogP contribution in [0.15, 0.2) is 23.1 Å². The summed E-state index contributed by atoms with van der Waals surface area (Å²) < 4.78 is 40.5. The summed E-state index contributed by atoms with van der Waals surface area (Å²) in [7, 11) is 0. The molecule has 0 fully saturated rings. The number of alkyl halides is 4. The lowest BCUT2D eigenvalue weighted by atomic mass is 10.1. The summed E-state index contributed by atoms with van der Waals surface area (Å²) in [4.78, 5) is 11.9. The van der Waals surface area contributed by atoms with Gasteiger partial charge < -0.3 is 4.74 Å². The van der Waals surface area contributed by atoms with E-state index in [2.05, 4.69) is 4.74 Å². The normalized spacial score (nSPS) is 13.2. The molecule has 0 N–H and O–H groups in total. The summed E-state index contributed by atoms with van der Waals surface area (Å²) in [5, 5.41) is -1.16. The van der Waals surface area contributed by atoms with Crippen LogP contribution in [0.1, 0.15) is 17.9 Å². The molecule has 18 heavy (non-hydrogen) atoms. The van der Waals surface area contributed by atoms with Gasteiger partial charge in [-0.2, -0.15) is 0 Å². The van der Waals surface area contributed by atoms with Crippen LogP contribution in [0.4, 0.5) is 13.2 Å². The molecular formula is C11H10ClF3O2S. The van der Waals surface area contributed by atoms with E-state index in [0.29, 0.717) is 4.90 Å². The van der Waals surface area contributed by atoms with E-state index in [1.165, 1.54) is 30.8 Å². The Morgan fingerprint density at radius 1 is 1.44 bits per heavy atom. The van der Waals surface area contributed by atoms with Gasteiger partial charge in [-0.15, -0.1) is 36.5 Å². The highest BCUT2D eigenvalue weighted by molar-refractivity contribution is 7.98. The molecule has 1 rings (SSSR count). The van der Waals surface area contributed by atoms with Crippen LogP contribution >= 0.6 is 23.4 Å². The molecular weight excluding hydrogens is 289 g/mol. The summed E-state index contributed by atoms with van der Waals surface area (Å²) >= 11 is 7.13. The molecule has 7 heteroatoms. The van der Waals surface area contributed by atoms with Gasteiger partial charge in [0.2, 0.25) is 0 Å². The topological polar surface area (TPSA) is 26.3 Å². The Morgan fingerprint density at radius 2 is 2.06 bits per heavy atom. The zero-order chi connectivity index (χ0) is 13.9. The minimum atomic E-state index is -4.82. The molecule has 0 aliphatic rings. The number of halogens is 4. The van der Waals surface area contributed by atoms with Crippen LogP contribution < -0.4 is 4.74 Å². The molecule has 1 atom stereocenters. The Balaban J connectivity index is 3.20. The summed E-state index contributed by atoms with van der Waals surface area (Å²) in [6.45, 7) is 1.21. The van der Waals surface area contributed by atoms with E-state index in [-0.39, 0.29) is 5.56 Å². The molecule has 1 aromatic rings. The van der Waals surface area contributed by atoms with Gasteiger partial charge in [-0.3, -0.25) is 4.79 Å². The quantitative estimate of drug-likeness (QED) is 0.616. The SMILES string of the molecule is CSc1ccc(OC(F)(F)F)c(C(Cl)C(C)=O)c1. The lowest BCUT2D eigenvalue weighted by molar-refractivity contribution is -0.274. The molecule has 0 aromatic heterocycles. The smallest absolute Gasteiger partial charge is 0.405 e.